The lowest BCUT2D eigenvalue weighted by atomic mass is 9.95. The number of aromatic nitrogens is 1. The molecule has 1 aromatic carbocycles. The quantitative estimate of drug-likeness (QED) is 0.813. The van der Waals surface area contributed by atoms with Crippen molar-refractivity contribution >= 4 is 29.1 Å². The summed E-state index contributed by atoms with van der Waals surface area (Å²) in [6.45, 7) is 7.29. The summed E-state index contributed by atoms with van der Waals surface area (Å²) < 4.78 is 5.32. The van der Waals surface area contributed by atoms with Gasteiger partial charge in [-0.1, -0.05) is 41.3 Å². The van der Waals surface area contributed by atoms with Crippen LogP contribution in [0.15, 0.2) is 22.7 Å². The van der Waals surface area contributed by atoms with Crippen molar-refractivity contribution in [1.82, 2.24) is 15.4 Å². The Morgan fingerprint density at radius 1 is 1.31 bits per heavy atom. The lowest BCUT2D eigenvalue weighted by Gasteiger charge is -2.32. The molecule has 1 aliphatic heterocycles. The molecule has 1 fully saturated rings. The first-order chi connectivity index (χ1) is 12.5. The van der Waals surface area contributed by atoms with Gasteiger partial charge in [-0.2, -0.15) is 0 Å². The number of nitrogens with zero attached hydrogens (tertiary/aromatic N) is 2. The summed E-state index contributed by atoms with van der Waals surface area (Å²) in [5, 5.41) is 8.36. The van der Waals surface area contributed by atoms with Gasteiger partial charge in [-0.05, 0) is 50.9 Å². The van der Waals surface area contributed by atoms with E-state index in [1.807, 2.05) is 4.90 Å². The van der Waals surface area contributed by atoms with Crippen LogP contribution in [-0.4, -0.2) is 42.1 Å². The fourth-order valence-corrected chi connectivity index (χ4v) is 3.94. The molecule has 1 aromatic heterocycles. The first-order valence-corrected chi connectivity index (χ1v) is 9.69. The Labute approximate surface area is 163 Å². The molecule has 7 heteroatoms. The predicted octanol–water partition coefficient (Wildman–Crippen LogP) is 4.42. The van der Waals surface area contributed by atoms with Crippen LogP contribution in [0.5, 0.6) is 0 Å². The van der Waals surface area contributed by atoms with Gasteiger partial charge in [0, 0.05) is 18.7 Å². The lowest BCUT2D eigenvalue weighted by Crippen LogP contribution is -2.41. The Hall–Kier alpha value is -1.56. The van der Waals surface area contributed by atoms with Gasteiger partial charge in [0.05, 0.1) is 10.0 Å². The van der Waals surface area contributed by atoms with Crippen LogP contribution in [0.1, 0.15) is 35.9 Å². The summed E-state index contributed by atoms with van der Waals surface area (Å²) in [7, 11) is 0. The van der Waals surface area contributed by atoms with Crippen LogP contribution in [-0.2, 0) is 0 Å². The number of benzene rings is 1. The van der Waals surface area contributed by atoms with E-state index in [0.29, 0.717) is 38.5 Å². The zero-order valence-electron chi connectivity index (χ0n) is 15.0. The summed E-state index contributed by atoms with van der Waals surface area (Å²) in [5.74, 6) is 1.02. The monoisotopic (exact) mass is 395 g/mol. The van der Waals surface area contributed by atoms with E-state index in [1.54, 1.807) is 25.1 Å². The topological polar surface area (TPSA) is 58.4 Å². The summed E-state index contributed by atoms with van der Waals surface area (Å²) in [5.41, 5.74) is 1.40. The van der Waals surface area contributed by atoms with Gasteiger partial charge < -0.3 is 14.7 Å². The lowest BCUT2D eigenvalue weighted by molar-refractivity contribution is 0.0689. The second kappa shape index (κ2) is 8.42. The molecule has 0 bridgehead atoms. The van der Waals surface area contributed by atoms with Gasteiger partial charge in [-0.15, -0.1) is 0 Å². The first kappa shape index (κ1) is 19.2. The Kier molecular flexibility index (Phi) is 6.22. The molecular weight excluding hydrogens is 373 g/mol. The minimum absolute atomic E-state index is 0.0726. The van der Waals surface area contributed by atoms with Crippen molar-refractivity contribution in [2.75, 3.05) is 26.2 Å². The number of carbonyl (C=O) groups is 1. The molecule has 1 aliphatic rings. The number of amides is 1. The van der Waals surface area contributed by atoms with Crippen molar-refractivity contribution in [1.29, 1.82) is 0 Å². The molecule has 0 spiro atoms. The van der Waals surface area contributed by atoms with Gasteiger partial charge in [0.2, 0.25) is 0 Å². The van der Waals surface area contributed by atoms with Crippen LogP contribution in [0.2, 0.25) is 10.0 Å². The minimum Gasteiger partial charge on any atom is -0.360 e. The molecule has 1 saturated heterocycles. The summed E-state index contributed by atoms with van der Waals surface area (Å²) >= 11 is 12.6. The van der Waals surface area contributed by atoms with Crippen molar-refractivity contribution in [3.63, 3.8) is 0 Å². The molecule has 1 amide bonds. The van der Waals surface area contributed by atoms with Gasteiger partial charge in [0.25, 0.3) is 5.91 Å². The molecule has 3 rings (SSSR count). The Bertz CT molecular complexity index is 763. The molecule has 0 aliphatic carbocycles. The fraction of sp³-hybridized carbons (Fsp3) is 0.474. The van der Waals surface area contributed by atoms with E-state index in [2.05, 4.69) is 17.4 Å². The number of hydrogen-bond acceptors (Lipinski definition) is 4. The van der Waals surface area contributed by atoms with Crippen LogP contribution in [0, 0.1) is 12.8 Å². The Morgan fingerprint density at radius 2 is 1.96 bits per heavy atom. The highest BCUT2D eigenvalue weighted by Crippen LogP contribution is 2.37. The van der Waals surface area contributed by atoms with Crippen molar-refractivity contribution in [3.8, 4) is 11.3 Å². The highest BCUT2D eigenvalue weighted by atomic mass is 35.5. The normalized spacial score (nSPS) is 15.5. The average molecular weight is 396 g/mol. The van der Waals surface area contributed by atoms with Gasteiger partial charge >= 0.3 is 0 Å². The molecule has 0 unspecified atom stereocenters. The molecule has 26 heavy (non-hydrogen) atoms. The van der Waals surface area contributed by atoms with E-state index in [0.717, 1.165) is 39.0 Å². The number of carbonyl (C=O) groups excluding carboxylic acids is 1. The van der Waals surface area contributed by atoms with Crippen molar-refractivity contribution < 1.29 is 9.32 Å². The van der Waals surface area contributed by atoms with Crippen molar-refractivity contribution in [2.24, 2.45) is 5.92 Å². The van der Waals surface area contributed by atoms with Gasteiger partial charge in [0.1, 0.15) is 17.0 Å². The fourth-order valence-electron chi connectivity index (χ4n) is 3.37. The molecule has 0 atom stereocenters. The van der Waals surface area contributed by atoms with Crippen LogP contribution in [0.25, 0.3) is 11.3 Å². The highest BCUT2D eigenvalue weighted by molar-refractivity contribution is 6.39. The molecule has 2 heterocycles. The maximum atomic E-state index is 13.1. The maximum Gasteiger partial charge on any atom is 0.259 e. The van der Waals surface area contributed by atoms with Gasteiger partial charge in [-0.25, -0.2) is 0 Å². The van der Waals surface area contributed by atoms with Crippen LogP contribution in [0.4, 0.5) is 0 Å². The SMILES string of the molecule is CCNCC1CCN(C(=O)c2c(-c3c(Cl)cccc3Cl)noc2C)CC1. The Balaban J connectivity index is 1.82. The zero-order valence-corrected chi connectivity index (χ0v) is 16.5. The summed E-state index contributed by atoms with van der Waals surface area (Å²) in [6, 6.07) is 5.22. The third-order valence-electron chi connectivity index (χ3n) is 4.86. The number of halogens is 2. The highest BCUT2D eigenvalue weighted by Gasteiger charge is 2.30. The number of aryl methyl sites for hydroxylation is 1. The van der Waals surface area contributed by atoms with Crippen molar-refractivity contribution in [3.05, 3.63) is 39.6 Å². The zero-order chi connectivity index (χ0) is 18.7. The predicted molar refractivity (Wildman–Crippen MR) is 104 cm³/mol. The summed E-state index contributed by atoms with van der Waals surface area (Å²) in [4.78, 5) is 15.0. The van der Waals surface area contributed by atoms with E-state index in [4.69, 9.17) is 27.7 Å². The standard InChI is InChI=1S/C19H23Cl2N3O2/c1-3-22-11-13-7-9-24(10-8-13)19(25)16-12(2)26-23-18(16)17-14(20)5-4-6-15(17)21/h4-6,13,22H,3,7-11H2,1-2H3. The number of rotatable bonds is 5. The third-order valence-corrected chi connectivity index (χ3v) is 5.49. The van der Waals surface area contributed by atoms with Gasteiger partial charge in [-0.3, -0.25) is 4.79 Å². The van der Waals surface area contributed by atoms with E-state index < -0.39 is 0 Å². The van der Waals surface area contributed by atoms with Crippen LogP contribution < -0.4 is 5.32 Å². The van der Waals surface area contributed by atoms with Gasteiger partial charge in [0.15, 0.2) is 0 Å². The molecule has 0 saturated carbocycles. The molecule has 1 N–H and O–H groups in total. The molecule has 0 radical (unpaired) electrons. The van der Waals surface area contributed by atoms with E-state index in [9.17, 15) is 4.79 Å². The molecule has 140 valence electrons. The summed E-state index contributed by atoms with van der Waals surface area (Å²) in [6.07, 6.45) is 1.98. The second-order valence-electron chi connectivity index (χ2n) is 6.60. The van der Waals surface area contributed by atoms with E-state index >= 15 is 0 Å². The smallest absolute Gasteiger partial charge is 0.259 e. The number of piperidine rings is 1. The number of likely N-dealkylation sites (tertiary alicyclic amines) is 1. The van der Waals surface area contributed by atoms with Crippen molar-refractivity contribution in [2.45, 2.75) is 26.7 Å². The maximum absolute atomic E-state index is 13.1. The second-order valence-corrected chi connectivity index (χ2v) is 7.42. The molecule has 5 nitrogen and oxygen atoms in total. The average Bonchev–Trinajstić information content (AvgIpc) is 3.01. The van der Waals surface area contributed by atoms with Crippen LogP contribution >= 0.6 is 23.2 Å². The van der Waals surface area contributed by atoms with E-state index in [1.165, 1.54) is 0 Å². The minimum atomic E-state index is -0.0726. The van der Waals surface area contributed by atoms with E-state index in [-0.39, 0.29) is 5.91 Å². The largest absolute Gasteiger partial charge is 0.360 e. The van der Waals surface area contributed by atoms with Crippen LogP contribution in [0.3, 0.4) is 0 Å². The third kappa shape index (κ3) is 3.90. The number of hydrogen-bond donors (Lipinski definition) is 1. The molecular formula is C19H23Cl2N3O2. The first-order valence-electron chi connectivity index (χ1n) is 8.93. The molecule has 2 aromatic rings. The Morgan fingerprint density at radius 3 is 2.58 bits per heavy atom. The number of nitrogens with one attached hydrogen (secondary N) is 1.